The van der Waals surface area contributed by atoms with E-state index in [2.05, 4.69) is 12.2 Å². The summed E-state index contributed by atoms with van der Waals surface area (Å²) in [6, 6.07) is 6.04. The largest absolute Gasteiger partial charge is 0.376 e. The fourth-order valence-corrected chi connectivity index (χ4v) is 2.70. The second kappa shape index (κ2) is 6.29. The zero-order chi connectivity index (χ0) is 13.8. The van der Waals surface area contributed by atoms with E-state index in [9.17, 15) is 4.79 Å². The highest BCUT2D eigenvalue weighted by atomic mass is 35.5. The van der Waals surface area contributed by atoms with Gasteiger partial charge < -0.3 is 10.2 Å². The molecule has 0 saturated carbocycles. The Labute approximate surface area is 119 Å². The van der Waals surface area contributed by atoms with Crippen LogP contribution in [0.15, 0.2) is 18.2 Å². The van der Waals surface area contributed by atoms with Gasteiger partial charge in [0.1, 0.15) is 0 Å². The molecule has 0 bridgehead atoms. The van der Waals surface area contributed by atoms with Crippen molar-refractivity contribution in [3.8, 4) is 0 Å². The van der Waals surface area contributed by atoms with E-state index in [0.717, 1.165) is 30.6 Å². The van der Waals surface area contributed by atoms with Gasteiger partial charge in [0.15, 0.2) is 0 Å². The van der Waals surface area contributed by atoms with Gasteiger partial charge >= 0.3 is 0 Å². The number of nitrogens with one attached hydrogen (secondary N) is 1. The molecule has 1 amide bonds. The van der Waals surface area contributed by atoms with Gasteiger partial charge in [-0.05, 0) is 50.8 Å². The molecule has 0 spiro atoms. The van der Waals surface area contributed by atoms with Crippen LogP contribution in [0.3, 0.4) is 0 Å². The van der Waals surface area contributed by atoms with Crippen molar-refractivity contribution in [3.63, 3.8) is 0 Å². The molecular weight excluding hydrogens is 260 g/mol. The SMILES string of the molecule is Cc1ccc(Cl)cc1NCC(=O)N1CCCCC1C. The van der Waals surface area contributed by atoms with Crippen LogP contribution < -0.4 is 5.32 Å². The van der Waals surface area contributed by atoms with Crippen molar-refractivity contribution < 1.29 is 4.79 Å². The number of nitrogens with zero attached hydrogens (tertiary/aromatic N) is 1. The summed E-state index contributed by atoms with van der Waals surface area (Å²) in [5.74, 6) is 0.173. The lowest BCUT2D eigenvalue weighted by molar-refractivity contribution is -0.132. The Bertz CT molecular complexity index is 461. The highest BCUT2D eigenvalue weighted by Gasteiger charge is 2.22. The number of carbonyl (C=O) groups is 1. The summed E-state index contributed by atoms with van der Waals surface area (Å²) >= 11 is 5.97. The van der Waals surface area contributed by atoms with Gasteiger partial charge in [0, 0.05) is 23.3 Å². The van der Waals surface area contributed by atoms with E-state index in [0.29, 0.717) is 17.6 Å². The third-order valence-electron chi connectivity index (χ3n) is 3.75. The second-order valence-corrected chi connectivity index (χ2v) is 5.68. The maximum Gasteiger partial charge on any atom is 0.242 e. The molecule has 19 heavy (non-hydrogen) atoms. The maximum absolute atomic E-state index is 12.2. The van der Waals surface area contributed by atoms with Gasteiger partial charge in [-0.25, -0.2) is 0 Å². The first kappa shape index (κ1) is 14.2. The minimum Gasteiger partial charge on any atom is -0.376 e. The molecule has 1 unspecified atom stereocenters. The molecule has 3 nitrogen and oxygen atoms in total. The summed E-state index contributed by atoms with van der Waals surface area (Å²) in [7, 11) is 0. The van der Waals surface area contributed by atoms with Crippen molar-refractivity contribution in [1.82, 2.24) is 4.90 Å². The van der Waals surface area contributed by atoms with E-state index in [4.69, 9.17) is 11.6 Å². The minimum atomic E-state index is 0.173. The number of rotatable bonds is 3. The molecule has 1 aliphatic rings. The maximum atomic E-state index is 12.2. The smallest absolute Gasteiger partial charge is 0.242 e. The standard InChI is InChI=1S/C15H21ClN2O/c1-11-6-7-13(16)9-14(11)17-10-15(19)18-8-4-3-5-12(18)2/h6-7,9,12,17H,3-5,8,10H2,1-2H3. The summed E-state index contributed by atoms with van der Waals surface area (Å²) in [5.41, 5.74) is 2.04. The Morgan fingerprint density at radius 1 is 1.47 bits per heavy atom. The van der Waals surface area contributed by atoms with Gasteiger partial charge in [-0.3, -0.25) is 4.79 Å². The van der Waals surface area contributed by atoms with Crippen LogP contribution in [-0.2, 0) is 4.79 Å². The molecule has 1 fully saturated rings. The van der Waals surface area contributed by atoms with Crippen LogP contribution in [0, 0.1) is 6.92 Å². The molecule has 1 N–H and O–H groups in total. The van der Waals surface area contributed by atoms with Crippen LogP contribution in [-0.4, -0.2) is 29.9 Å². The fraction of sp³-hybridized carbons (Fsp3) is 0.533. The number of anilines is 1. The van der Waals surface area contributed by atoms with E-state index >= 15 is 0 Å². The molecule has 2 rings (SSSR count). The van der Waals surface area contributed by atoms with Gasteiger partial charge in [0.2, 0.25) is 5.91 Å². The minimum absolute atomic E-state index is 0.173. The Morgan fingerprint density at radius 3 is 3.00 bits per heavy atom. The molecule has 4 heteroatoms. The molecule has 1 atom stereocenters. The zero-order valence-corrected chi connectivity index (χ0v) is 12.3. The highest BCUT2D eigenvalue weighted by molar-refractivity contribution is 6.30. The third kappa shape index (κ3) is 3.63. The first-order valence-corrected chi connectivity index (χ1v) is 7.25. The molecule has 0 aliphatic carbocycles. The molecule has 1 aromatic rings. The first-order chi connectivity index (χ1) is 9.08. The van der Waals surface area contributed by atoms with Crippen molar-refractivity contribution >= 4 is 23.2 Å². The highest BCUT2D eigenvalue weighted by Crippen LogP contribution is 2.21. The third-order valence-corrected chi connectivity index (χ3v) is 3.99. The van der Waals surface area contributed by atoms with Crippen molar-refractivity contribution in [3.05, 3.63) is 28.8 Å². The molecular formula is C15H21ClN2O. The van der Waals surface area contributed by atoms with Crippen molar-refractivity contribution in [2.75, 3.05) is 18.4 Å². The monoisotopic (exact) mass is 280 g/mol. The number of hydrogen-bond acceptors (Lipinski definition) is 2. The summed E-state index contributed by atoms with van der Waals surface area (Å²) in [6.07, 6.45) is 3.46. The molecule has 1 heterocycles. The van der Waals surface area contributed by atoms with Gasteiger partial charge in [0.05, 0.1) is 6.54 Å². The molecule has 1 aromatic carbocycles. The van der Waals surface area contributed by atoms with E-state index in [1.807, 2.05) is 30.0 Å². The number of piperidine rings is 1. The lowest BCUT2D eigenvalue weighted by atomic mass is 10.0. The Hall–Kier alpha value is -1.22. The Kier molecular flexibility index (Phi) is 4.70. The average molecular weight is 281 g/mol. The molecule has 1 saturated heterocycles. The van der Waals surface area contributed by atoms with E-state index in [1.54, 1.807) is 0 Å². The van der Waals surface area contributed by atoms with Crippen LogP contribution in [0.25, 0.3) is 0 Å². The number of hydrogen-bond donors (Lipinski definition) is 1. The Morgan fingerprint density at radius 2 is 2.26 bits per heavy atom. The summed E-state index contributed by atoms with van der Waals surface area (Å²) < 4.78 is 0. The number of aryl methyl sites for hydroxylation is 1. The lowest BCUT2D eigenvalue weighted by Crippen LogP contribution is -2.44. The van der Waals surface area contributed by atoms with Crippen LogP contribution in [0.4, 0.5) is 5.69 Å². The number of amides is 1. The number of carbonyl (C=O) groups excluding carboxylic acids is 1. The van der Waals surface area contributed by atoms with Gasteiger partial charge in [-0.1, -0.05) is 17.7 Å². The zero-order valence-electron chi connectivity index (χ0n) is 11.6. The van der Waals surface area contributed by atoms with Crippen LogP contribution in [0.2, 0.25) is 5.02 Å². The fourth-order valence-electron chi connectivity index (χ4n) is 2.53. The van der Waals surface area contributed by atoms with Gasteiger partial charge in [0.25, 0.3) is 0 Å². The van der Waals surface area contributed by atoms with Crippen molar-refractivity contribution in [2.24, 2.45) is 0 Å². The average Bonchev–Trinajstić information content (AvgIpc) is 2.40. The normalized spacial score (nSPS) is 19.3. The number of benzene rings is 1. The van der Waals surface area contributed by atoms with Gasteiger partial charge in [-0.2, -0.15) is 0 Å². The second-order valence-electron chi connectivity index (χ2n) is 5.24. The summed E-state index contributed by atoms with van der Waals surface area (Å²) in [6.45, 7) is 5.36. The van der Waals surface area contributed by atoms with Crippen LogP contribution in [0.5, 0.6) is 0 Å². The number of halogens is 1. The summed E-state index contributed by atoms with van der Waals surface area (Å²) in [4.78, 5) is 14.2. The molecule has 0 aromatic heterocycles. The molecule has 104 valence electrons. The molecule has 1 aliphatic heterocycles. The van der Waals surface area contributed by atoms with Crippen LogP contribution >= 0.6 is 11.6 Å². The quantitative estimate of drug-likeness (QED) is 0.920. The van der Waals surface area contributed by atoms with Crippen molar-refractivity contribution in [2.45, 2.75) is 39.2 Å². The van der Waals surface area contributed by atoms with Crippen molar-refractivity contribution in [1.29, 1.82) is 0 Å². The van der Waals surface area contributed by atoms with E-state index in [1.165, 1.54) is 6.42 Å². The van der Waals surface area contributed by atoms with Gasteiger partial charge in [-0.15, -0.1) is 0 Å². The van der Waals surface area contributed by atoms with Crippen LogP contribution in [0.1, 0.15) is 31.7 Å². The first-order valence-electron chi connectivity index (χ1n) is 6.87. The van der Waals surface area contributed by atoms with E-state index in [-0.39, 0.29) is 5.91 Å². The lowest BCUT2D eigenvalue weighted by Gasteiger charge is -2.33. The molecule has 0 radical (unpaired) electrons. The summed E-state index contributed by atoms with van der Waals surface area (Å²) in [5, 5.41) is 3.88. The number of likely N-dealkylation sites (tertiary alicyclic amines) is 1. The van der Waals surface area contributed by atoms with E-state index < -0.39 is 0 Å². The predicted molar refractivity (Wildman–Crippen MR) is 79.7 cm³/mol. The predicted octanol–water partition coefficient (Wildman–Crippen LogP) is 3.46. The Balaban J connectivity index is 1.94. The topological polar surface area (TPSA) is 32.3 Å².